The molecule has 0 bridgehead atoms. The second-order valence-corrected chi connectivity index (χ2v) is 4.90. The van der Waals surface area contributed by atoms with Crippen molar-refractivity contribution < 1.29 is 19.4 Å². The summed E-state index contributed by atoms with van der Waals surface area (Å²) in [7, 11) is 1.41. The number of carbonyl (C=O) groups excluding carboxylic acids is 1. The molecule has 0 radical (unpaired) electrons. The fourth-order valence-corrected chi connectivity index (χ4v) is 1.98. The first-order valence-electron chi connectivity index (χ1n) is 5.98. The molecule has 1 aromatic rings. The number of thioether (sulfide) groups is 1. The van der Waals surface area contributed by atoms with Gasteiger partial charge in [-0.3, -0.25) is 4.79 Å². The highest BCUT2D eigenvalue weighted by Gasteiger charge is 2.13. The average molecular weight is 298 g/mol. The molecular weight excluding hydrogens is 280 g/mol. The molecule has 6 nitrogen and oxygen atoms in total. The largest absolute Gasteiger partial charge is 0.481 e. The van der Waals surface area contributed by atoms with Crippen LogP contribution in [0.4, 0.5) is 10.5 Å². The van der Waals surface area contributed by atoms with Gasteiger partial charge in [-0.15, -0.1) is 11.8 Å². The van der Waals surface area contributed by atoms with Crippen LogP contribution in [0.1, 0.15) is 6.42 Å². The van der Waals surface area contributed by atoms with Crippen molar-refractivity contribution in [1.29, 1.82) is 0 Å². The lowest BCUT2D eigenvalue weighted by atomic mass is 10.2. The zero-order chi connectivity index (χ0) is 15.0. The Morgan fingerprint density at radius 3 is 2.80 bits per heavy atom. The number of anilines is 1. The van der Waals surface area contributed by atoms with Gasteiger partial charge in [-0.1, -0.05) is 6.07 Å². The second kappa shape index (κ2) is 8.44. The maximum absolute atomic E-state index is 11.7. The molecule has 7 heteroatoms. The maximum Gasteiger partial charge on any atom is 0.319 e. The van der Waals surface area contributed by atoms with Gasteiger partial charge >= 0.3 is 12.0 Å². The predicted molar refractivity (Wildman–Crippen MR) is 78.3 cm³/mol. The van der Waals surface area contributed by atoms with E-state index < -0.39 is 18.1 Å². The number of urea groups is 1. The molecule has 3 N–H and O–H groups in total. The smallest absolute Gasteiger partial charge is 0.319 e. The minimum absolute atomic E-state index is 0.136. The van der Waals surface area contributed by atoms with E-state index in [0.29, 0.717) is 5.69 Å². The predicted octanol–water partition coefficient (Wildman–Crippen LogP) is 2.02. The number of nitrogens with one attached hydrogen (secondary N) is 2. The first-order valence-corrected chi connectivity index (χ1v) is 7.21. The first-order chi connectivity index (χ1) is 9.55. The third-order valence-corrected chi connectivity index (χ3v) is 3.28. The molecule has 0 fully saturated rings. The van der Waals surface area contributed by atoms with Crippen molar-refractivity contribution >= 4 is 29.4 Å². The van der Waals surface area contributed by atoms with Gasteiger partial charge in [0.25, 0.3) is 0 Å². The van der Waals surface area contributed by atoms with Crippen molar-refractivity contribution in [3.8, 4) is 0 Å². The van der Waals surface area contributed by atoms with Crippen LogP contribution in [0.2, 0.25) is 0 Å². The molecule has 0 heterocycles. The Morgan fingerprint density at radius 1 is 1.45 bits per heavy atom. The van der Waals surface area contributed by atoms with Crippen LogP contribution in [0.3, 0.4) is 0 Å². The van der Waals surface area contributed by atoms with Gasteiger partial charge in [0.15, 0.2) is 0 Å². The van der Waals surface area contributed by atoms with Crippen LogP contribution >= 0.6 is 11.8 Å². The maximum atomic E-state index is 11.7. The lowest BCUT2D eigenvalue weighted by Gasteiger charge is -2.14. The Balaban J connectivity index is 2.44. The topological polar surface area (TPSA) is 87.7 Å². The van der Waals surface area contributed by atoms with Gasteiger partial charge in [-0.05, 0) is 24.5 Å². The number of carbonyl (C=O) groups is 2. The highest BCUT2D eigenvalue weighted by molar-refractivity contribution is 7.98. The zero-order valence-electron chi connectivity index (χ0n) is 11.4. The molecule has 110 valence electrons. The molecule has 1 atom stereocenters. The SMILES string of the molecule is COC(CNC(=O)Nc1cccc(SC)c1)CC(=O)O. The van der Waals surface area contributed by atoms with E-state index in [9.17, 15) is 9.59 Å². The van der Waals surface area contributed by atoms with Crippen molar-refractivity contribution in [2.45, 2.75) is 17.4 Å². The highest BCUT2D eigenvalue weighted by Crippen LogP contribution is 2.18. The third-order valence-electron chi connectivity index (χ3n) is 2.55. The Morgan fingerprint density at radius 2 is 2.20 bits per heavy atom. The molecule has 1 rings (SSSR count). The lowest BCUT2D eigenvalue weighted by molar-refractivity contribution is -0.139. The van der Waals surface area contributed by atoms with Crippen molar-refractivity contribution in [2.24, 2.45) is 0 Å². The van der Waals surface area contributed by atoms with Gasteiger partial charge in [0.05, 0.1) is 12.5 Å². The molecule has 20 heavy (non-hydrogen) atoms. The van der Waals surface area contributed by atoms with E-state index in [-0.39, 0.29) is 13.0 Å². The number of carboxylic acid groups (broad SMARTS) is 1. The standard InChI is InChI=1S/C13H18N2O4S/c1-19-10(7-12(16)17)8-14-13(18)15-9-4-3-5-11(6-9)20-2/h3-6,10H,7-8H2,1-2H3,(H,16,17)(H2,14,15,18). The minimum atomic E-state index is -0.966. The number of hydrogen-bond acceptors (Lipinski definition) is 4. The molecule has 0 aliphatic heterocycles. The Hall–Kier alpha value is -1.73. The van der Waals surface area contributed by atoms with Crippen LogP contribution < -0.4 is 10.6 Å². The van der Waals surface area contributed by atoms with Gasteiger partial charge in [0.2, 0.25) is 0 Å². The number of hydrogen-bond donors (Lipinski definition) is 3. The summed E-state index contributed by atoms with van der Waals surface area (Å²) in [6, 6.07) is 7.04. The van der Waals surface area contributed by atoms with Gasteiger partial charge < -0.3 is 20.5 Å². The van der Waals surface area contributed by atoms with Gasteiger partial charge in [0, 0.05) is 24.2 Å². The quantitative estimate of drug-likeness (QED) is 0.670. The van der Waals surface area contributed by atoms with E-state index in [1.54, 1.807) is 17.8 Å². The van der Waals surface area contributed by atoms with Gasteiger partial charge in [0.1, 0.15) is 0 Å². The molecule has 0 saturated carbocycles. The summed E-state index contributed by atoms with van der Waals surface area (Å²) in [5.74, 6) is -0.966. The van der Waals surface area contributed by atoms with E-state index in [1.165, 1.54) is 7.11 Å². The summed E-state index contributed by atoms with van der Waals surface area (Å²) in [4.78, 5) is 23.3. The number of benzene rings is 1. The zero-order valence-corrected chi connectivity index (χ0v) is 12.2. The number of amides is 2. The monoisotopic (exact) mass is 298 g/mol. The molecule has 1 unspecified atom stereocenters. The Bertz CT molecular complexity index is 467. The number of aliphatic carboxylic acids is 1. The molecule has 0 aliphatic rings. The molecule has 0 saturated heterocycles. The van der Waals surface area contributed by atoms with E-state index in [2.05, 4.69) is 10.6 Å². The van der Waals surface area contributed by atoms with Crippen molar-refractivity contribution in [2.75, 3.05) is 25.2 Å². The molecule has 0 aliphatic carbocycles. The fourth-order valence-electron chi connectivity index (χ4n) is 1.52. The van der Waals surface area contributed by atoms with E-state index in [1.807, 2.05) is 24.5 Å². The first kappa shape index (κ1) is 16.3. The van der Waals surface area contributed by atoms with Crippen LogP contribution in [-0.4, -0.2) is 43.1 Å². The van der Waals surface area contributed by atoms with E-state index in [4.69, 9.17) is 9.84 Å². The highest BCUT2D eigenvalue weighted by atomic mass is 32.2. The van der Waals surface area contributed by atoms with Crippen molar-refractivity contribution in [3.05, 3.63) is 24.3 Å². The van der Waals surface area contributed by atoms with E-state index >= 15 is 0 Å². The minimum Gasteiger partial charge on any atom is -0.481 e. The Labute approximate surface area is 121 Å². The van der Waals surface area contributed by atoms with Crippen molar-refractivity contribution in [1.82, 2.24) is 5.32 Å². The normalized spacial score (nSPS) is 11.7. The van der Waals surface area contributed by atoms with Crippen LogP contribution in [0.5, 0.6) is 0 Å². The van der Waals surface area contributed by atoms with Crippen LogP contribution in [0.15, 0.2) is 29.2 Å². The average Bonchev–Trinajstić information content (AvgIpc) is 2.43. The number of ether oxygens (including phenoxy) is 1. The number of rotatable bonds is 7. The summed E-state index contributed by atoms with van der Waals surface area (Å²) >= 11 is 1.58. The Kier molecular flexibility index (Phi) is 6.89. The van der Waals surface area contributed by atoms with Crippen LogP contribution in [0, 0.1) is 0 Å². The van der Waals surface area contributed by atoms with Gasteiger partial charge in [-0.25, -0.2) is 4.79 Å². The van der Waals surface area contributed by atoms with Crippen molar-refractivity contribution in [3.63, 3.8) is 0 Å². The molecule has 2 amide bonds. The molecule has 1 aromatic carbocycles. The second-order valence-electron chi connectivity index (χ2n) is 4.02. The number of carboxylic acids is 1. The third kappa shape index (κ3) is 5.94. The lowest BCUT2D eigenvalue weighted by Crippen LogP contribution is -2.37. The fraction of sp³-hybridized carbons (Fsp3) is 0.385. The van der Waals surface area contributed by atoms with E-state index in [0.717, 1.165) is 4.90 Å². The molecule has 0 aromatic heterocycles. The summed E-state index contributed by atoms with van der Waals surface area (Å²) in [5.41, 5.74) is 0.682. The summed E-state index contributed by atoms with van der Waals surface area (Å²) < 4.78 is 4.97. The van der Waals surface area contributed by atoms with Crippen LogP contribution in [0.25, 0.3) is 0 Å². The van der Waals surface area contributed by atoms with Crippen LogP contribution in [-0.2, 0) is 9.53 Å². The number of methoxy groups -OCH3 is 1. The summed E-state index contributed by atoms with van der Waals surface area (Å²) in [6.45, 7) is 0.136. The molecule has 0 spiro atoms. The van der Waals surface area contributed by atoms with Gasteiger partial charge in [-0.2, -0.15) is 0 Å². The molecular formula is C13H18N2O4S. The summed E-state index contributed by atoms with van der Waals surface area (Å²) in [5, 5.41) is 13.9. The summed E-state index contributed by atoms with van der Waals surface area (Å²) in [6.07, 6.45) is 1.25.